The van der Waals surface area contributed by atoms with Crippen LogP contribution in [0.25, 0.3) is 11.0 Å². The van der Waals surface area contributed by atoms with Crippen molar-refractivity contribution in [3.8, 4) is 0 Å². The smallest absolute Gasteiger partial charge is 0.270 e. The lowest BCUT2D eigenvalue weighted by Crippen LogP contribution is -2.32. The van der Waals surface area contributed by atoms with Crippen molar-refractivity contribution >= 4 is 45.9 Å². The Balaban J connectivity index is 1.82. The summed E-state index contributed by atoms with van der Waals surface area (Å²) in [7, 11) is 1.91. The molecule has 4 rings (SSSR count). The van der Waals surface area contributed by atoms with Crippen molar-refractivity contribution in [2.75, 3.05) is 29.9 Å². The topological polar surface area (TPSA) is 92.5 Å². The maximum Gasteiger partial charge on any atom is 0.270 e. The first-order valence-corrected chi connectivity index (χ1v) is 9.07. The number of anilines is 2. The van der Waals surface area contributed by atoms with E-state index >= 15 is 0 Å². The van der Waals surface area contributed by atoms with E-state index in [1.165, 1.54) is 18.2 Å². The highest BCUT2D eigenvalue weighted by molar-refractivity contribution is 6.34. The number of nitro benzene ring substituents is 1. The molecular weight excluding hydrogens is 382 g/mol. The summed E-state index contributed by atoms with van der Waals surface area (Å²) in [4.78, 5) is 36.5. The molecule has 8 nitrogen and oxygen atoms in total. The molecule has 2 aromatic carbocycles. The largest absolute Gasteiger partial charge is 0.357 e. The molecule has 0 aliphatic carbocycles. The van der Waals surface area contributed by atoms with E-state index in [0.717, 1.165) is 18.5 Å². The summed E-state index contributed by atoms with van der Waals surface area (Å²) in [5.41, 5.74) is 1.46. The molecule has 0 unspecified atom stereocenters. The number of nitro groups is 1. The second-order valence-corrected chi connectivity index (χ2v) is 6.92. The third-order valence-corrected chi connectivity index (χ3v) is 4.98. The van der Waals surface area contributed by atoms with Gasteiger partial charge in [0.15, 0.2) is 11.6 Å². The molecule has 0 spiro atoms. The van der Waals surface area contributed by atoms with Crippen LogP contribution >= 0.6 is 11.6 Å². The van der Waals surface area contributed by atoms with Gasteiger partial charge in [-0.2, -0.15) is 0 Å². The summed E-state index contributed by atoms with van der Waals surface area (Å²) in [5.74, 6) is 0.710. The van der Waals surface area contributed by atoms with E-state index in [-0.39, 0.29) is 22.2 Å². The number of para-hydroxylation sites is 2. The Kier molecular flexibility index (Phi) is 4.56. The normalized spacial score (nSPS) is 13.9. The first-order valence-electron chi connectivity index (χ1n) is 8.69. The monoisotopic (exact) mass is 397 g/mol. The lowest BCUT2D eigenvalue weighted by atomic mass is 10.1. The van der Waals surface area contributed by atoms with Gasteiger partial charge >= 0.3 is 0 Å². The molecule has 1 aromatic heterocycles. The molecular formula is C19H16ClN5O3. The number of non-ortho nitro benzene ring substituents is 1. The van der Waals surface area contributed by atoms with Gasteiger partial charge in [-0.15, -0.1) is 0 Å². The van der Waals surface area contributed by atoms with E-state index in [0.29, 0.717) is 23.7 Å². The van der Waals surface area contributed by atoms with Gasteiger partial charge in [-0.3, -0.25) is 19.8 Å². The van der Waals surface area contributed by atoms with Crippen LogP contribution in [0.2, 0.25) is 5.02 Å². The van der Waals surface area contributed by atoms with Crippen molar-refractivity contribution in [3.05, 3.63) is 63.2 Å². The fraction of sp³-hybridized carbons (Fsp3) is 0.211. The Labute approximate surface area is 165 Å². The highest BCUT2D eigenvalue weighted by Crippen LogP contribution is 2.32. The van der Waals surface area contributed by atoms with Gasteiger partial charge in [0.25, 0.3) is 11.6 Å². The minimum Gasteiger partial charge on any atom is -0.357 e. The third kappa shape index (κ3) is 3.11. The summed E-state index contributed by atoms with van der Waals surface area (Å²) in [6.07, 6.45) is 0.723. The van der Waals surface area contributed by atoms with Gasteiger partial charge in [-0.25, -0.2) is 9.97 Å². The summed E-state index contributed by atoms with van der Waals surface area (Å²) >= 11 is 6.18. The van der Waals surface area contributed by atoms with Gasteiger partial charge in [0, 0.05) is 32.3 Å². The number of hydrogen-bond donors (Lipinski definition) is 0. The molecule has 1 amide bonds. The molecule has 1 aliphatic rings. The van der Waals surface area contributed by atoms with Gasteiger partial charge in [-0.1, -0.05) is 23.7 Å². The van der Waals surface area contributed by atoms with Crippen LogP contribution in [0, 0.1) is 10.1 Å². The van der Waals surface area contributed by atoms with Gasteiger partial charge in [-0.05, 0) is 24.6 Å². The minimum absolute atomic E-state index is 0.0344. The number of hydrogen-bond acceptors (Lipinski definition) is 6. The lowest BCUT2D eigenvalue weighted by molar-refractivity contribution is -0.384. The Bertz CT molecular complexity index is 1100. The quantitative estimate of drug-likeness (QED) is 0.483. The van der Waals surface area contributed by atoms with E-state index in [1.54, 1.807) is 4.90 Å². The van der Waals surface area contributed by atoms with Crippen molar-refractivity contribution in [2.24, 2.45) is 0 Å². The van der Waals surface area contributed by atoms with Crippen LogP contribution in [-0.2, 0) is 0 Å². The van der Waals surface area contributed by atoms with Crippen LogP contribution in [0.5, 0.6) is 0 Å². The molecule has 0 bridgehead atoms. The van der Waals surface area contributed by atoms with E-state index in [1.807, 2.05) is 36.2 Å². The zero-order chi connectivity index (χ0) is 19.8. The number of amides is 1. The number of fused-ring (bicyclic) bond motifs is 2. The zero-order valence-electron chi connectivity index (χ0n) is 15.0. The highest BCUT2D eigenvalue weighted by Gasteiger charge is 2.29. The van der Waals surface area contributed by atoms with Gasteiger partial charge in [0.1, 0.15) is 0 Å². The van der Waals surface area contributed by atoms with Crippen LogP contribution < -0.4 is 9.80 Å². The maximum absolute atomic E-state index is 13.2. The number of benzene rings is 2. The van der Waals surface area contributed by atoms with Crippen LogP contribution in [-0.4, -0.2) is 40.9 Å². The Hall–Kier alpha value is -3.26. The summed E-state index contributed by atoms with van der Waals surface area (Å²) < 4.78 is 0. The summed E-state index contributed by atoms with van der Waals surface area (Å²) in [5, 5.41) is 11.0. The number of rotatable bonds is 2. The van der Waals surface area contributed by atoms with Crippen molar-refractivity contribution in [1.82, 2.24) is 9.97 Å². The van der Waals surface area contributed by atoms with Crippen molar-refractivity contribution < 1.29 is 9.72 Å². The molecule has 0 radical (unpaired) electrons. The molecule has 0 N–H and O–H groups in total. The molecule has 28 heavy (non-hydrogen) atoms. The van der Waals surface area contributed by atoms with Gasteiger partial charge in [0.05, 0.1) is 26.5 Å². The first-order chi connectivity index (χ1) is 13.5. The fourth-order valence-corrected chi connectivity index (χ4v) is 3.49. The molecule has 142 valence electrons. The number of halogens is 1. The van der Waals surface area contributed by atoms with Crippen LogP contribution in [0.4, 0.5) is 17.3 Å². The van der Waals surface area contributed by atoms with E-state index in [9.17, 15) is 14.9 Å². The summed E-state index contributed by atoms with van der Waals surface area (Å²) in [6.45, 7) is 1.16. The van der Waals surface area contributed by atoms with Crippen molar-refractivity contribution in [1.29, 1.82) is 0 Å². The van der Waals surface area contributed by atoms with E-state index < -0.39 is 4.92 Å². The predicted octanol–water partition coefficient (Wildman–Crippen LogP) is 3.68. The number of carbonyl (C=O) groups is 1. The van der Waals surface area contributed by atoms with Crippen LogP contribution in [0.15, 0.2) is 42.5 Å². The standard InChI is InChI=1S/C19H16ClN5O3/c1-23-9-4-10-24(18-17(23)21-15-5-2-3-6-16(15)22-18)19(26)13-8-7-12(25(27)28)11-14(13)20/h2-3,5-8,11H,4,9-10H2,1H3. The van der Waals surface area contributed by atoms with E-state index in [2.05, 4.69) is 4.98 Å². The van der Waals surface area contributed by atoms with E-state index in [4.69, 9.17) is 16.6 Å². The molecule has 3 aromatic rings. The minimum atomic E-state index is -0.548. The molecule has 0 atom stereocenters. The van der Waals surface area contributed by atoms with Gasteiger partial charge in [0.2, 0.25) is 0 Å². The molecule has 2 heterocycles. The number of carbonyl (C=O) groups excluding carboxylic acids is 1. The number of nitrogens with zero attached hydrogens (tertiary/aromatic N) is 5. The summed E-state index contributed by atoms with van der Waals surface area (Å²) in [6, 6.07) is 11.3. The number of aromatic nitrogens is 2. The fourth-order valence-electron chi connectivity index (χ4n) is 3.23. The average Bonchev–Trinajstić information content (AvgIpc) is 2.84. The predicted molar refractivity (Wildman–Crippen MR) is 107 cm³/mol. The third-order valence-electron chi connectivity index (χ3n) is 4.67. The zero-order valence-corrected chi connectivity index (χ0v) is 15.8. The second kappa shape index (κ2) is 7.05. The molecule has 0 fully saturated rings. The average molecular weight is 398 g/mol. The van der Waals surface area contributed by atoms with Gasteiger partial charge < -0.3 is 4.90 Å². The Morgan fingerprint density at radius 2 is 1.79 bits per heavy atom. The lowest BCUT2D eigenvalue weighted by Gasteiger charge is -2.23. The van der Waals surface area contributed by atoms with Crippen LogP contribution in [0.1, 0.15) is 16.8 Å². The van der Waals surface area contributed by atoms with Crippen LogP contribution in [0.3, 0.4) is 0 Å². The first kappa shape index (κ1) is 18.1. The molecule has 0 saturated heterocycles. The second-order valence-electron chi connectivity index (χ2n) is 6.51. The Morgan fingerprint density at radius 3 is 2.43 bits per heavy atom. The molecule has 0 saturated carbocycles. The Morgan fingerprint density at radius 1 is 1.11 bits per heavy atom. The highest BCUT2D eigenvalue weighted by atomic mass is 35.5. The SMILES string of the molecule is CN1CCCN(C(=O)c2ccc([N+](=O)[O-])cc2Cl)c2nc3ccccc3nc21. The van der Waals surface area contributed by atoms with Crippen molar-refractivity contribution in [2.45, 2.75) is 6.42 Å². The molecule has 1 aliphatic heterocycles. The maximum atomic E-state index is 13.2. The molecule has 9 heteroatoms. The van der Waals surface area contributed by atoms with Crippen molar-refractivity contribution in [3.63, 3.8) is 0 Å².